The van der Waals surface area contributed by atoms with Gasteiger partial charge in [-0.1, -0.05) is 30.3 Å². The van der Waals surface area contributed by atoms with E-state index in [2.05, 4.69) is 0 Å². The van der Waals surface area contributed by atoms with Crippen molar-refractivity contribution in [3.05, 3.63) is 35.9 Å². The van der Waals surface area contributed by atoms with Crippen LogP contribution in [0.4, 0.5) is 0 Å². The molecular weight excluding hydrogens is 312 g/mol. The number of amides is 1. The summed E-state index contributed by atoms with van der Waals surface area (Å²) in [7, 11) is -3.37. The Morgan fingerprint density at radius 2 is 1.86 bits per heavy atom. The van der Waals surface area contributed by atoms with Gasteiger partial charge in [0.1, 0.15) is 5.25 Å². The average Bonchev–Trinajstić information content (AvgIpc) is 2.79. The second-order valence-corrected chi connectivity index (χ2v) is 7.76. The molecular formula is C14H21ClN2O3S. The molecule has 0 aromatic heterocycles. The molecule has 1 aromatic rings. The molecule has 21 heavy (non-hydrogen) atoms. The van der Waals surface area contributed by atoms with E-state index in [1.54, 1.807) is 4.90 Å². The lowest BCUT2D eigenvalue weighted by Crippen LogP contribution is -2.41. The third-order valence-corrected chi connectivity index (χ3v) is 5.38. The molecule has 1 fully saturated rings. The van der Waals surface area contributed by atoms with Gasteiger partial charge in [-0.3, -0.25) is 4.79 Å². The van der Waals surface area contributed by atoms with E-state index in [1.807, 2.05) is 30.3 Å². The molecule has 0 radical (unpaired) electrons. The maximum absolute atomic E-state index is 12.2. The van der Waals surface area contributed by atoms with Gasteiger partial charge in [0.2, 0.25) is 5.91 Å². The minimum atomic E-state index is -3.37. The van der Waals surface area contributed by atoms with Crippen LogP contribution < -0.4 is 5.73 Å². The number of benzene rings is 1. The number of rotatable bonds is 3. The van der Waals surface area contributed by atoms with E-state index in [0.717, 1.165) is 11.8 Å². The van der Waals surface area contributed by atoms with Crippen molar-refractivity contribution in [3.63, 3.8) is 0 Å². The normalized spacial score (nSPS) is 23.5. The van der Waals surface area contributed by atoms with Crippen molar-refractivity contribution >= 4 is 28.2 Å². The summed E-state index contributed by atoms with van der Waals surface area (Å²) in [5.41, 5.74) is 7.19. The summed E-state index contributed by atoms with van der Waals surface area (Å²) in [5.74, 6) is -0.298. The lowest BCUT2D eigenvalue weighted by molar-refractivity contribution is -0.129. The predicted octanol–water partition coefficient (Wildman–Crippen LogP) is 0.795. The van der Waals surface area contributed by atoms with E-state index >= 15 is 0 Å². The fraction of sp³-hybridized carbons (Fsp3) is 0.500. The Hall–Kier alpha value is -1.11. The number of carbonyl (C=O) groups excluding carboxylic acids is 1. The highest BCUT2D eigenvalue weighted by Crippen LogP contribution is 2.27. The van der Waals surface area contributed by atoms with E-state index in [1.165, 1.54) is 6.92 Å². The van der Waals surface area contributed by atoms with Gasteiger partial charge in [0, 0.05) is 31.3 Å². The van der Waals surface area contributed by atoms with Gasteiger partial charge in [-0.2, -0.15) is 0 Å². The van der Waals surface area contributed by atoms with Crippen molar-refractivity contribution in [1.29, 1.82) is 0 Å². The molecule has 1 saturated heterocycles. The molecule has 0 saturated carbocycles. The zero-order valence-corrected chi connectivity index (χ0v) is 13.7. The predicted molar refractivity (Wildman–Crippen MR) is 85.3 cm³/mol. The fourth-order valence-corrected chi connectivity index (χ4v) is 3.02. The third-order valence-electron chi connectivity index (χ3n) is 3.89. The molecule has 3 atom stereocenters. The molecule has 118 valence electrons. The Labute approximate surface area is 131 Å². The van der Waals surface area contributed by atoms with Crippen LogP contribution in [0.3, 0.4) is 0 Å². The van der Waals surface area contributed by atoms with Gasteiger partial charge >= 0.3 is 0 Å². The molecule has 0 aliphatic carbocycles. The smallest absolute Gasteiger partial charge is 0.240 e. The van der Waals surface area contributed by atoms with Crippen LogP contribution >= 0.6 is 12.4 Å². The Morgan fingerprint density at radius 1 is 1.29 bits per heavy atom. The number of nitrogens with zero attached hydrogens (tertiary/aromatic N) is 1. The fourth-order valence-electron chi connectivity index (χ4n) is 2.50. The maximum Gasteiger partial charge on any atom is 0.240 e. The van der Waals surface area contributed by atoms with E-state index in [-0.39, 0.29) is 30.3 Å². The zero-order valence-electron chi connectivity index (χ0n) is 12.1. The minimum Gasteiger partial charge on any atom is -0.339 e. The van der Waals surface area contributed by atoms with Crippen LogP contribution in [0.25, 0.3) is 0 Å². The Kier molecular flexibility index (Phi) is 5.78. The number of hydrogen-bond donors (Lipinski definition) is 1. The van der Waals surface area contributed by atoms with Crippen LogP contribution in [0, 0.1) is 0 Å². The molecule has 1 unspecified atom stereocenters. The lowest BCUT2D eigenvalue weighted by Gasteiger charge is -2.19. The molecule has 0 bridgehead atoms. The molecule has 2 N–H and O–H groups in total. The highest BCUT2D eigenvalue weighted by molar-refractivity contribution is 7.92. The standard InChI is InChI=1S/C14H20N2O3S.ClH/c1-10(20(2,18)19)14(17)16-8-12(13(15)9-16)11-6-4-3-5-7-11;/h3-7,10,12-13H,8-9,15H2,1-2H3;1H/t10?,12-,13+;/m0./s1. The summed E-state index contributed by atoms with van der Waals surface area (Å²) in [4.78, 5) is 13.8. The van der Waals surface area contributed by atoms with Gasteiger partial charge in [-0.25, -0.2) is 8.42 Å². The van der Waals surface area contributed by atoms with Crippen LogP contribution in [-0.4, -0.2) is 49.9 Å². The van der Waals surface area contributed by atoms with Crippen LogP contribution in [0.1, 0.15) is 18.4 Å². The molecule has 1 heterocycles. The van der Waals surface area contributed by atoms with Crippen LogP contribution in [-0.2, 0) is 14.6 Å². The SMILES string of the molecule is CC(C(=O)N1C[C@@H](N)[C@H](c2ccccc2)C1)S(C)(=O)=O.Cl. The van der Waals surface area contributed by atoms with Gasteiger partial charge in [-0.15, -0.1) is 12.4 Å². The lowest BCUT2D eigenvalue weighted by atomic mass is 9.95. The number of hydrogen-bond acceptors (Lipinski definition) is 4. The zero-order chi connectivity index (χ0) is 14.9. The first kappa shape index (κ1) is 17.9. The quantitative estimate of drug-likeness (QED) is 0.887. The number of likely N-dealkylation sites (tertiary alicyclic amines) is 1. The Morgan fingerprint density at radius 3 is 2.38 bits per heavy atom. The van der Waals surface area contributed by atoms with Crippen molar-refractivity contribution in [2.24, 2.45) is 5.73 Å². The van der Waals surface area contributed by atoms with E-state index in [4.69, 9.17) is 5.73 Å². The maximum atomic E-state index is 12.2. The first-order chi connectivity index (χ1) is 9.30. The minimum absolute atomic E-state index is 0. The first-order valence-electron chi connectivity index (χ1n) is 6.59. The number of nitrogens with two attached hydrogens (primary N) is 1. The summed E-state index contributed by atoms with van der Waals surface area (Å²) in [5, 5.41) is -1.01. The first-order valence-corrected chi connectivity index (χ1v) is 8.54. The van der Waals surface area contributed by atoms with Crippen molar-refractivity contribution in [2.45, 2.75) is 24.1 Å². The third kappa shape index (κ3) is 3.96. The van der Waals surface area contributed by atoms with Gasteiger partial charge < -0.3 is 10.6 Å². The molecule has 5 nitrogen and oxygen atoms in total. The summed E-state index contributed by atoms with van der Waals surface area (Å²) in [6.45, 7) is 2.31. The molecule has 1 aliphatic heterocycles. The van der Waals surface area contributed by atoms with Crippen LogP contribution in [0.15, 0.2) is 30.3 Å². The van der Waals surface area contributed by atoms with Crippen molar-refractivity contribution < 1.29 is 13.2 Å². The van der Waals surface area contributed by atoms with Gasteiger partial charge in [0.15, 0.2) is 9.84 Å². The Bertz CT molecular complexity index is 591. The van der Waals surface area contributed by atoms with Crippen LogP contribution in [0.2, 0.25) is 0 Å². The highest BCUT2D eigenvalue weighted by atomic mass is 35.5. The van der Waals surface area contributed by atoms with Crippen molar-refractivity contribution in [3.8, 4) is 0 Å². The van der Waals surface area contributed by atoms with E-state index in [9.17, 15) is 13.2 Å². The van der Waals surface area contributed by atoms with Gasteiger partial charge in [0.05, 0.1) is 0 Å². The summed E-state index contributed by atoms with van der Waals surface area (Å²) in [6, 6.07) is 9.61. The highest BCUT2D eigenvalue weighted by Gasteiger charge is 2.37. The second-order valence-electron chi connectivity index (χ2n) is 5.40. The molecule has 0 spiro atoms. The number of halogens is 1. The summed E-state index contributed by atoms with van der Waals surface area (Å²) >= 11 is 0. The van der Waals surface area contributed by atoms with E-state index < -0.39 is 15.1 Å². The van der Waals surface area contributed by atoms with Crippen LogP contribution in [0.5, 0.6) is 0 Å². The molecule has 1 amide bonds. The number of carbonyl (C=O) groups is 1. The molecule has 1 aromatic carbocycles. The summed E-state index contributed by atoms with van der Waals surface area (Å²) < 4.78 is 23.0. The topological polar surface area (TPSA) is 80.5 Å². The van der Waals surface area contributed by atoms with Gasteiger partial charge in [-0.05, 0) is 12.5 Å². The Balaban J connectivity index is 0.00000220. The van der Waals surface area contributed by atoms with Crippen molar-refractivity contribution in [1.82, 2.24) is 4.90 Å². The monoisotopic (exact) mass is 332 g/mol. The molecule has 2 rings (SSSR count). The number of sulfone groups is 1. The van der Waals surface area contributed by atoms with E-state index in [0.29, 0.717) is 13.1 Å². The molecule has 7 heteroatoms. The second kappa shape index (κ2) is 6.77. The van der Waals surface area contributed by atoms with Gasteiger partial charge in [0.25, 0.3) is 0 Å². The summed E-state index contributed by atoms with van der Waals surface area (Å²) in [6.07, 6.45) is 1.08. The van der Waals surface area contributed by atoms with Crippen molar-refractivity contribution in [2.75, 3.05) is 19.3 Å². The average molecular weight is 333 g/mol. The largest absolute Gasteiger partial charge is 0.339 e. The molecule has 1 aliphatic rings.